The fraction of sp³-hybridized carbons (Fsp3) is 0.571. The van der Waals surface area contributed by atoms with Crippen molar-refractivity contribution in [2.45, 2.75) is 20.3 Å². The number of ether oxygens (including phenoxy) is 2. The van der Waals surface area contributed by atoms with Crippen LogP contribution >= 0.6 is 15.9 Å². The standard InChI is InChI=1S/C14H22BrNO2/c1-4-8-16-9-11(2)10-18-14-12(15)6-5-7-13(14)17-3/h5-7,11,16H,4,8-10H2,1-3H3. The van der Waals surface area contributed by atoms with Crippen LogP contribution in [0.1, 0.15) is 20.3 Å². The van der Waals surface area contributed by atoms with E-state index in [1.165, 1.54) is 0 Å². The molecule has 4 heteroatoms. The summed E-state index contributed by atoms with van der Waals surface area (Å²) in [7, 11) is 1.65. The molecule has 0 saturated carbocycles. The third-order valence-corrected chi connectivity index (χ3v) is 3.21. The molecule has 1 aromatic rings. The summed E-state index contributed by atoms with van der Waals surface area (Å²) in [6.07, 6.45) is 1.16. The lowest BCUT2D eigenvalue weighted by Crippen LogP contribution is -2.25. The van der Waals surface area contributed by atoms with Gasteiger partial charge in [0.1, 0.15) is 0 Å². The maximum absolute atomic E-state index is 5.84. The van der Waals surface area contributed by atoms with Gasteiger partial charge >= 0.3 is 0 Å². The monoisotopic (exact) mass is 315 g/mol. The molecule has 1 atom stereocenters. The van der Waals surface area contributed by atoms with E-state index in [1.807, 2.05) is 18.2 Å². The van der Waals surface area contributed by atoms with Gasteiger partial charge in [-0.25, -0.2) is 0 Å². The van der Waals surface area contributed by atoms with Crippen LogP contribution in [0.3, 0.4) is 0 Å². The molecule has 102 valence electrons. The number of halogens is 1. The molecule has 1 unspecified atom stereocenters. The minimum absolute atomic E-state index is 0.466. The van der Waals surface area contributed by atoms with Crippen molar-refractivity contribution in [2.75, 3.05) is 26.8 Å². The molecule has 0 heterocycles. The Morgan fingerprint density at radius 2 is 2.17 bits per heavy atom. The molecule has 0 aliphatic heterocycles. The molecule has 0 amide bonds. The minimum atomic E-state index is 0.466. The highest BCUT2D eigenvalue weighted by Crippen LogP contribution is 2.34. The van der Waals surface area contributed by atoms with Gasteiger partial charge in [-0.1, -0.05) is 19.9 Å². The maximum atomic E-state index is 5.84. The van der Waals surface area contributed by atoms with Crippen molar-refractivity contribution in [2.24, 2.45) is 5.92 Å². The quantitative estimate of drug-likeness (QED) is 0.745. The van der Waals surface area contributed by atoms with Gasteiger partial charge in [0.05, 0.1) is 18.2 Å². The normalized spacial score (nSPS) is 12.2. The molecule has 1 aromatic carbocycles. The van der Waals surface area contributed by atoms with Crippen LogP contribution in [0.4, 0.5) is 0 Å². The molecule has 1 rings (SSSR count). The van der Waals surface area contributed by atoms with Gasteiger partial charge in [0, 0.05) is 12.5 Å². The van der Waals surface area contributed by atoms with Gasteiger partial charge in [-0.15, -0.1) is 0 Å². The molecule has 0 aliphatic rings. The van der Waals surface area contributed by atoms with Crippen LogP contribution in [-0.4, -0.2) is 26.8 Å². The lowest BCUT2D eigenvalue weighted by atomic mass is 10.2. The number of hydrogen-bond acceptors (Lipinski definition) is 3. The van der Waals surface area contributed by atoms with Crippen LogP contribution in [0.5, 0.6) is 11.5 Å². The molecule has 0 saturated heterocycles. The Balaban J connectivity index is 2.47. The molecular weight excluding hydrogens is 294 g/mol. The zero-order chi connectivity index (χ0) is 13.4. The first kappa shape index (κ1) is 15.3. The van der Waals surface area contributed by atoms with Crippen LogP contribution in [0.15, 0.2) is 22.7 Å². The topological polar surface area (TPSA) is 30.5 Å². The molecule has 1 N–H and O–H groups in total. The average Bonchev–Trinajstić information content (AvgIpc) is 2.37. The van der Waals surface area contributed by atoms with E-state index in [2.05, 4.69) is 35.1 Å². The highest BCUT2D eigenvalue weighted by Gasteiger charge is 2.10. The Labute approximate surface area is 118 Å². The minimum Gasteiger partial charge on any atom is -0.493 e. The van der Waals surface area contributed by atoms with E-state index in [0.717, 1.165) is 35.5 Å². The molecule has 18 heavy (non-hydrogen) atoms. The maximum Gasteiger partial charge on any atom is 0.175 e. The number of methoxy groups -OCH3 is 1. The van der Waals surface area contributed by atoms with Crippen molar-refractivity contribution in [3.63, 3.8) is 0 Å². The fourth-order valence-electron chi connectivity index (χ4n) is 1.60. The van der Waals surface area contributed by atoms with Crippen molar-refractivity contribution < 1.29 is 9.47 Å². The smallest absolute Gasteiger partial charge is 0.175 e. The predicted octanol–water partition coefficient (Wildman–Crippen LogP) is 3.47. The SMILES string of the molecule is CCCNCC(C)COc1c(Br)cccc1OC. The fourth-order valence-corrected chi connectivity index (χ4v) is 2.06. The molecule has 0 radical (unpaired) electrons. The summed E-state index contributed by atoms with van der Waals surface area (Å²) < 4.78 is 12.1. The van der Waals surface area contributed by atoms with Crippen LogP contribution < -0.4 is 14.8 Å². The summed E-state index contributed by atoms with van der Waals surface area (Å²) in [5.74, 6) is 2.01. The van der Waals surface area contributed by atoms with E-state index >= 15 is 0 Å². The van der Waals surface area contributed by atoms with Gasteiger partial charge < -0.3 is 14.8 Å². The average molecular weight is 316 g/mol. The molecule has 0 aromatic heterocycles. The summed E-state index contributed by atoms with van der Waals surface area (Å²) in [6, 6.07) is 5.79. The zero-order valence-corrected chi connectivity index (χ0v) is 12.9. The number of nitrogens with one attached hydrogen (secondary N) is 1. The summed E-state index contributed by atoms with van der Waals surface area (Å²) in [5, 5.41) is 3.39. The van der Waals surface area contributed by atoms with E-state index in [4.69, 9.17) is 9.47 Å². The number of benzene rings is 1. The predicted molar refractivity (Wildman–Crippen MR) is 78.5 cm³/mol. The van der Waals surface area contributed by atoms with Gasteiger partial charge in [-0.05, 0) is 41.0 Å². The highest BCUT2D eigenvalue weighted by molar-refractivity contribution is 9.10. The van der Waals surface area contributed by atoms with Gasteiger partial charge in [0.15, 0.2) is 11.5 Å². The Hall–Kier alpha value is -0.740. The lowest BCUT2D eigenvalue weighted by Gasteiger charge is -2.16. The number of rotatable bonds is 8. The van der Waals surface area contributed by atoms with Crippen molar-refractivity contribution >= 4 is 15.9 Å². The summed E-state index contributed by atoms with van der Waals surface area (Å²) in [4.78, 5) is 0. The van der Waals surface area contributed by atoms with E-state index in [-0.39, 0.29) is 0 Å². The summed E-state index contributed by atoms with van der Waals surface area (Å²) >= 11 is 3.48. The Morgan fingerprint density at radius 1 is 1.39 bits per heavy atom. The number of para-hydroxylation sites is 1. The Kier molecular flexibility index (Phi) is 7.13. The molecule has 0 spiro atoms. The van der Waals surface area contributed by atoms with Crippen LogP contribution in [0.2, 0.25) is 0 Å². The Morgan fingerprint density at radius 3 is 2.83 bits per heavy atom. The van der Waals surface area contributed by atoms with Gasteiger partial charge in [0.25, 0.3) is 0 Å². The number of hydrogen-bond donors (Lipinski definition) is 1. The highest BCUT2D eigenvalue weighted by atomic mass is 79.9. The van der Waals surface area contributed by atoms with Gasteiger partial charge in [0.2, 0.25) is 0 Å². The van der Waals surface area contributed by atoms with Crippen molar-refractivity contribution in [1.82, 2.24) is 5.32 Å². The first-order chi connectivity index (χ1) is 8.69. The van der Waals surface area contributed by atoms with Gasteiger partial charge in [-0.3, -0.25) is 0 Å². The van der Waals surface area contributed by atoms with Crippen LogP contribution in [-0.2, 0) is 0 Å². The zero-order valence-electron chi connectivity index (χ0n) is 11.3. The van der Waals surface area contributed by atoms with Crippen molar-refractivity contribution in [3.05, 3.63) is 22.7 Å². The summed E-state index contributed by atoms with van der Waals surface area (Å²) in [5.41, 5.74) is 0. The third kappa shape index (κ3) is 4.86. The van der Waals surface area contributed by atoms with E-state index in [1.54, 1.807) is 7.11 Å². The second-order valence-corrected chi connectivity index (χ2v) is 5.25. The Bertz CT molecular complexity index is 358. The third-order valence-electron chi connectivity index (χ3n) is 2.58. The second-order valence-electron chi connectivity index (χ2n) is 4.39. The van der Waals surface area contributed by atoms with Crippen molar-refractivity contribution in [1.29, 1.82) is 0 Å². The molecule has 0 fully saturated rings. The van der Waals surface area contributed by atoms with Crippen LogP contribution in [0, 0.1) is 5.92 Å². The molecule has 3 nitrogen and oxygen atoms in total. The first-order valence-electron chi connectivity index (χ1n) is 6.35. The lowest BCUT2D eigenvalue weighted by molar-refractivity contribution is 0.243. The second kappa shape index (κ2) is 8.38. The van der Waals surface area contributed by atoms with E-state index in [9.17, 15) is 0 Å². The van der Waals surface area contributed by atoms with E-state index < -0.39 is 0 Å². The molecular formula is C14H22BrNO2. The summed E-state index contributed by atoms with van der Waals surface area (Å²) in [6.45, 7) is 7.05. The molecule has 0 bridgehead atoms. The van der Waals surface area contributed by atoms with Crippen LogP contribution in [0.25, 0.3) is 0 Å². The van der Waals surface area contributed by atoms with Crippen molar-refractivity contribution in [3.8, 4) is 11.5 Å². The van der Waals surface area contributed by atoms with Gasteiger partial charge in [-0.2, -0.15) is 0 Å². The van der Waals surface area contributed by atoms with E-state index in [0.29, 0.717) is 12.5 Å². The first-order valence-corrected chi connectivity index (χ1v) is 7.14. The molecule has 0 aliphatic carbocycles. The largest absolute Gasteiger partial charge is 0.493 e.